The average Bonchev–Trinajstić information content (AvgIpc) is 2.82. The molecule has 0 aliphatic rings. The van der Waals surface area contributed by atoms with Gasteiger partial charge in [0, 0.05) is 29.1 Å². The lowest BCUT2D eigenvalue weighted by atomic mass is 9.97. The largest absolute Gasteiger partial charge is 0.374 e. The topological polar surface area (TPSA) is 23.5 Å². The lowest BCUT2D eigenvalue weighted by Crippen LogP contribution is -2.31. The SMILES string of the molecule is CCCCCCCN(CCCCCCC)C(O)c1cccc2c1cc(Cl)c1ccccc12. The Labute approximate surface area is 199 Å². The van der Waals surface area contributed by atoms with Crippen LogP contribution in [0.4, 0.5) is 0 Å². The molecule has 1 unspecified atom stereocenters. The molecule has 0 bridgehead atoms. The van der Waals surface area contributed by atoms with Crippen molar-refractivity contribution in [1.82, 2.24) is 4.90 Å². The second-order valence-corrected chi connectivity index (χ2v) is 9.49. The van der Waals surface area contributed by atoms with Crippen molar-refractivity contribution in [1.29, 1.82) is 0 Å². The van der Waals surface area contributed by atoms with Gasteiger partial charge in [-0.25, -0.2) is 0 Å². The van der Waals surface area contributed by atoms with Crippen molar-refractivity contribution in [2.45, 2.75) is 84.3 Å². The van der Waals surface area contributed by atoms with E-state index in [2.05, 4.69) is 55.1 Å². The van der Waals surface area contributed by atoms with Gasteiger partial charge in [-0.3, -0.25) is 4.90 Å². The van der Waals surface area contributed by atoms with E-state index in [1.165, 1.54) is 51.4 Å². The number of hydrogen-bond acceptors (Lipinski definition) is 2. The first kappa shape index (κ1) is 25.0. The second kappa shape index (κ2) is 13.2. The lowest BCUT2D eigenvalue weighted by molar-refractivity contribution is 0.000438. The molecule has 32 heavy (non-hydrogen) atoms. The number of benzene rings is 3. The van der Waals surface area contributed by atoms with Crippen LogP contribution in [0.25, 0.3) is 21.5 Å². The first-order chi connectivity index (χ1) is 15.7. The number of aliphatic hydroxyl groups excluding tert-OH is 1. The maximum absolute atomic E-state index is 11.5. The van der Waals surface area contributed by atoms with Gasteiger partial charge in [0.2, 0.25) is 0 Å². The van der Waals surface area contributed by atoms with Crippen molar-refractivity contribution in [3.05, 3.63) is 59.1 Å². The number of rotatable bonds is 14. The average molecular weight is 454 g/mol. The first-order valence-corrected chi connectivity index (χ1v) is 13.1. The predicted molar refractivity (Wildman–Crippen MR) is 141 cm³/mol. The fraction of sp³-hybridized carbons (Fsp3) is 0.517. The Hall–Kier alpha value is -1.61. The van der Waals surface area contributed by atoms with Crippen molar-refractivity contribution in [3.8, 4) is 0 Å². The summed E-state index contributed by atoms with van der Waals surface area (Å²) in [7, 11) is 0. The molecule has 0 fully saturated rings. The summed E-state index contributed by atoms with van der Waals surface area (Å²) >= 11 is 6.66. The number of halogens is 1. The van der Waals surface area contributed by atoms with Crippen molar-refractivity contribution >= 4 is 33.1 Å². The zero-order valence-corrected chi connectivity index (χ0v) is 20.7. The van der Waals surface area contributed by atoms with Gasteiger partial charge >= 0.3 is 0 Å². The molecular formula is C29H40ClNO. The van der Waals surface area contributed by atoms with E-state index >= 15 is 0 Å². The van der Waals surface area contributed by atoms with Gasteiger partial charge < -0.3 is 5.11 Å². The molecule has 3 rings (SSSR count). The highest BCUT2D eigenvalue weighted by molar-refractivity contribution is 6.37. The highest BCUT2D eigenvalue weighted by Crippen LogP contribution is 2.36. The lowest BCUT2D eigenvalue weighted by Gasteiger charge is -2.29. The molecule has 0 saturated carbocycles. The quantitative estimate of drug-likeness (QED) is 0.149. The molecule has 3 aromatic rings. The number of unbranched alkanes of at least 4 members (excludes halogenated alkanes) is 8. The van der Waals surface area contributed by atoms with Crippen LogP contribution in [0.1, 0.15) is 89.8 Å². The summed E-state index contributed by atoms with van der Waals surface area (Å²) in [6.07, 6.45) is 11.8. The van der Waals surface area contributed by atoms with Gasteiger partial charge in [-0.15, -0.1) is 0 Å². The Morgan fingerprint density at radius 2 is 1.22 bits per heavy atom. The maximum Gasteiger partial charge on any atom is 0.134 e. The Balaban J connectivity index is 1.83. The molecule has 0 aromatic heterocycles. The molecule has 0 amide bonds. The van der Waals surface area contributed by atoms with E-state index in [-0.39, 0.29) is 0 Å². The molecule has 0 spiro atoms. The van der Waals surface area contributed by atoms with Crippen LogP contribution in [0.3, 0.4) is 0 Å². The molecule has 174 valence electrons. The standard InChI is InChI=1S/C29H40ClNO/c1-3-5-7-9-13-20-31(21-14-10-8-6-4-2)29(32)26-19-15-18-24-23-16-11-12-17-25(23)28(30)22-27(24)26/h11-12,15-19,22,29,32H,3-10,13-14,20-21H2,1-2H3. The molecule has 0 radical (unpaired) electrons. The number of hydrogen-bond donors (Lipinski definition) is 1. The van der Waals surface area contributed by atoms with E-state index in [1.54, 1.807) is 0 Å². The normalized spacial score (nSPS) is 12.8. The minimum Gasteiger partial charge on any atom is -0.374 e. The molecule has 1 atom stereocenters. The zero-order chi connectivity index (χ0) is 22.8. The molecule has 1 N–H and O–H groups in total. The smallest absolute Gasteiger partial charge is 0.134 e. The van der Waals surface area contributed by atoms with Gasteiger partial charge in [0.05, 0.1) is 0 Å². The van der Waals surface area contributed by atoms with E-state index in [1.807, 2.05) is 12.1 Å². The molecule has 0 saturated heterocycles. The van der Waals surface area contributed by atoms with E-state index in [4.69, 9.17) is 11.6 Å². The minimum atomic E-state index is -0.603. The van der Waals surface area contributed by atoms with Crippen LogP contribution in [0.2, 0.25) is 5.02 Å². The van der Waals surface area contributed by atoms with Crippen LogP contribution >= 0.6 is 11.6 Å². The first-order valence-electron chi connectivity index (χ1n) is 12.7. The maximum atomic E-state index is 11.5. The van der Waals surface area contributed by atoms with Gasteiger partial charge in [-0.2, -0.15) is 0 Å². The van der Waals surface area contributed by atoms with Crippen molar-refractivity contribution < 1.29 is 5.11 Å². The summed E-state index contributed by atoms with van der Waals surface area (Å²) in [6.45, 7) is 6.39. The van der Waals surface area contributed by atoms with Gasteiger partial charge in [0.15, 0.2) is 0 Å². The summed E-state index contributed by atoms with van der Waals surface area (Å²) in [5, 5.41) is 16.7. The summed E-state index contributed by atoms with van der Waals surface area (Å²) in [6, 6.07) is 16.6. The second-order valence-electron chi connectivity index (χ2n) is 9.08. The molecule has 0 heterocycles. The van der Waals surface area contributed by atoms with E-state index < -0.39 is 6.23 Å². The van der Waals surface area contributed by atoms with Crippen LogP contribution in [0.5, 0.6) is 0 Å². The molecule has 3 heteroatoms. The molecule has 3 aromatic carbocycles. The Morgan fingerprint density at radius 1 is 0.688 bits per heavy atom. The molecule has 0 aliphatic carbocycles. The summed E-state index contributed by atoms with van der Waals surface area (Å²) in [4.78, 5) is 2.29. The minimum absolute atomic E-state index is 0.603. The van der Waals surface area contributed by atoms with E-state index in [0.29, 0.717) is 0 Å². The fourth-order valence-corrected chi connectivity index (χ4v) is 5.00. The number of nitrogens with zero attached hydrogens (tertiary/aromatic N) is 1. The van der Waals surface area contributed by atoms with Crippen LogP contribution in [0, 0.1) is 0 Å². The summed E-state index contributed by atoms with van der Waals surface area (Å²) < 4.78 is 0. The fourth-order valence-electron chi connectivity index (χ4n) is 4.72. The van der Waals surface area contributed by atoms with Crippen LogP contribution < -0.4 is 0 Å². The zero-order valence-electron chi connectivity index (χ0n) is 20.0. The van der Waals surface area contributed by atoms with E-state index in [0.717, 1.165) is 58.1 Å². The summed E-state index contributed by atoms with van der Waals surface area (Å²) in [5.41, 5.74) is 0.970. The Bertz CT molecular complexity index is 956. The van der Waals surface area contributed by atoms with E-state index in [9.17, 15) is 5.11 Å². The monoisotopic (exact) mass is 453 g/mol. The van der Waals surface area contributed by atoms with Crippen LogP contribution in [0.15, 0.2) is 48.5 Å². The molecular weight excluding hydrogens is 414 g/mol. The van der Waals surface area contributed by atoms with Crippen LogP contribution in [-0.2, 0) is 0 Å². The van der Waals surface area contributed by atoms with Crippen molar-refractivity contribution in [3.63, 3.8) is 0 Å². The molecule has 0 aliphatic heterocycles. The highest BCUT2D eigenvalue weighted by Gasteiger charge is 2.20. The third kappa shape index (κ3) is 6.47. The van der Waals surface area contributed by atoms with Crippen LogP contribution in [-0.4, -0.2) is 23.1 Å². The van der Waals surface area contributed by atoms with Crippen molar-refractivity contribution in [2.24, 2.45) is 0 Å². The van der Waals surface area contributed by atoms with Gasteiger partial charge in [0.25, 0.3) is 0 Å². The van der Waals surface area contributed by atoms with Gasteiger partial charge in [0.1, 0.15) is 6.23 Å². The Kier molecular flexibility index (Phi) is 10.3. The van der Waals surface area contributed by atoms with Gasteiger partial charge in [-0.05, 0) is 35.1 Å². The summed E-state index contributed by atoms with van der Waals surface area (Å²) in [5.74, 6) is 0. The third-order valence-corrected chi connectivity index (χ3v) is 6.92. The highest BCUT2D eigenvalue weighted by atomic mass is 35.5. The van der Waals surface area contributed by atoms with Crippen molar-refractivity contribution in [2.75, 3.05) is 13.1 Å². The number of aliphatic hydroxyl groups is 1. The van der Waals surface area contributed by atoms with Gasteiger partial charge in [-0.1, -0.05) is 119 Å². The predicted octanol–water partition coefficient (Wildman–Crippen LogP) is 8.88. The molecule has 2 nitrogen and oxygen atoms in total. The number of fused-ring (bicyclic) bond motifs is 3. The third-order valence-electron chi connectivity index (χ3n) is 6.61. The Morgan fingerprint density at radius 3 is 1.84 bits per heavy atom.